The van der Waals surface area contributed by atoms with Gasteiger partial charge < -0.3 is 4.89 Å². The maximum absolute atomic E-state index is 11.8. The fourth-order valence-electron chi connectivity index (χ4n) is 1.54. The van der Waals surface area contributed by atoms with Crippen molar-refractivity contribution < 1.29 is 19.5 Å². The van der Waals surface area contributed by atoms with Crippen molar-refractivity contribution >= 4 is 13.3 Å². The lowest BCUT2D eigenvalue weighted by Crippen LogP contribution is -2.38. The molecule has 3 N–H and O–H groups in total. The van der Waals surface area contributed by atoms with Crippen LogP contribution in [0.4, 0.5) is 0 Å². The number of amides is 1. The van der Waals surface area contributed by atoms with E-state index in [1.54, 1.807) is 0 Å². The highest BCUT2D eigenvalue weighted by atomic mass is 31.2. The highest BCUT2D eigenvalue weighted by molar-refractivity contribution is 7.57. The Hall–Kier alpha value is -1.20. The predicted molar refractivity (Wildman–Crippen MR) is 84.4 cm³/mol. The summed E-state index contributed by atoms with van der Waals surface area (Å²) in [5, 5.41) is 12.1. The lowest BCUT2D eigenvalue weighted by atomic mass is 10.1. The van der Waals surface area contributed by atoms with Gasteiger partial charge in [0.15, 0.2) is 0 Å². The zero-order valence-corrected chi connectivity index (χ0v) is 13.7. The highest BCUT2D eigenvalue weighted by Gasteiger charge is 2.25. The Morgan fingerprint density at radius 1 is 1.48 bits per heavy atom. The Labute approximate surface area is 126 Å². The Balaban J connectivity index is 4.49. The number of allylic oxidation sites excluding steroid dienone is 5. The monoisotopic (exact) mass is 316 g/mol. The van der Waals surface area contributed by atoms with Crippen LogP contribution in [0.3, 0.4) is 0 Å². The second-order valence-electron chi connectivity index (χ2n) is 4.84. The van der Waals surface area contributed by atoms with Crippen LogP contribution in [0.1, 0.15) is 19.8 Å². The summed E-state index contributed by atoms with van der Waals surface area (Å²) in [5.41, 5.74) is 0.832. The van der Waals surface area contributed by atoms with Gasteiger partial charge in [0.2, 0.25) is 7.37 Å². The summed E-state index contributed by atoms with van der Waals surface area (Å²) in [6, 6.07) is 0. The van der Waals surface area contributed by atoms with Gasteiger partial charge in [0, 0.05) is 13.7 Å². The van der Waals surface area contributed by atoms with E-state index in [1.807, 2.05) is 31.2 Å². The standard InChI is InChI=1S/C14H25N2O4P/c1-5-6-7-8-12(2)9-10-13(21(4,19)20)15-11-14(17)16(3)18/h5-8,13,15,18H,2,9-11H2,1,3-4H3,(H,19,20)/b6-5-,8-7-. The molecule has 0 saturated heterocycles. The number of hydrogen-bond acceptors (Lipinski definition) is 4. The molecule has 120 valence electrons. The summed E-state index contributed by atoms with van der Waals surface area (Å²) >= 11 is 0. The Kier molecular flexibility index (Phi) is 9.13. The lowest BCUT2D eigenvalue weighted by molar-refractivity contribution is -0.158. The summed E-state index contributed by atoms with van der Waals surface area (Å²) in [5.74, 6) is -1.28. The zero-order valence-electron chi connectivity index (χ0n) is 12.8. The van der Waals surface area contributed by atoms with E-state index >= 15 is 0 Å². The van der Waals surface area contributed by atoms with Crippen LogP contribution in [0.25, 0.3) is 0 Å². The number of nitrogens with one attached hydrogen (secondary N) is 1. The van der Waals surface area contributed by atoms with Crippen molar-refractivity contribution in [2.24, 2.45) is 0 Å². The van der Waals surface area contributed by atoms with Crippen LogP contribution in [0, 0.1) is 0 Å². The number of likely N-dealkylation sites (N-methyl/N-ethyl adjacent to an activating group) is 1. The van der Waals surface area contributed by atoms with Gasteiger partial charge in [-0.25, -0.2) is 5.06 Å². The van der Waals surface area contributed by atoms with Crippen LogP contribution in [0.15, 0.2) is 36.5 Å². The highest BCUT2D eigenvalue weighted by Crippen LogP contribution is 2.42. The molecule has 0 heterocycles. The van der Waals surface area contributed by atoms with Gasteiger partial charge in [-0.2, -0.15) is 0 Å². The molecule has 1 amide bonds. The molecule has 6 nitrogen and oxygen atoms in total. The molecule has 0 aromatic carbocycles. The van der Waals surface area contributed by atoms with Crippen molar-refractivity contribution in [3.8, 4) is 0 Å². The first kappa shape index (κ1) is 19.8. The molecule has 2 unspecified atom stereocenters. The molecule has 0 fully saturated rings. The van der Waals surface area contributed by atoms with Gasteiger partial charge in [-0.1, -0.05) is 36.5 Å². The van der Waals surface area contributed by atoms with E-state index in [4.69, 9.17) is 5.21 Å². The normalized spacial score (nSPS) is 16.0. The SMILES string of the molecule is C=C(/C=C\C=C/C)CCC(NCC(=O)N(C)O)P(C)(=O)O. The molecule has 21 heavy (non-hydrogen) atoms. The van der Waals surface area contributed by atoms with E-state index in [1.165, 1.54) is 13.7 Å². The Morgan fingerprint density at radius 2 is 2.10 bits per heavy atom. The van der Waals surface area contributed by atoms with Gasteiger partial charge in [-0.15, -0.1) is 0 Å². The lowest BCUT2D eigenvalue weighted by Gasteiger charge is -2.22. The number of nitrogens with zero attached hydrogens (tertiary/aromatic N) is 1. The van der Waals surface area contributed by atoms with Gasteiger partial charge in [-0.05, 0) is 19.8 Å². The molecule has 0 aromatic rings. The number of carbonyl (C=O) groups is 1. The molecule has 0 aliphatic heterocycles. The molecular formula is C14H25N2O4P. The minimum Gasteiger partial charge on any atom is -0.343 e. The molecule has 0 radical (unpaired) electrons. The molecule has 0 spiro atoms. The topological polar surface area (TPSA) is 89.9 Å². The third-order valence-corrected chi connectivity index (χ3v) is 4.40. The van der Waals surface area contributed by atoms with Crippen LogP contribution in [0.2, 0.25) is 0 Å². The van der Waals surface area contributed by atoms with Gasteiger partial charge in [-0.3, -0.25) is 19.9 Å². The average Bonchev–Trinajstić information content (AvgIpc) is 2.36. The Bertz CT molecular complexity index is 452. The van der Waals surface area contributed by atoms with E-state index < -0.39 is 19.1 Å². The summed E-state index contributed by atoms with van der Waals surface area (Å²) in [7, 11) is -2.19. The van der Waals surface area contributed by atoms with Gasteiger partial charge in [0.05, 0.1) is 12.3 Å². The van der Waals surface area contributed by atoms with Crippen LogP contribution >= 0.6 is 7.37 Å². The zero-order chi connectivity index (χ0) is 16.5. The van der Waals surface area contributed by atoms with E-state index in [9.17, 15) is 14.3 Å². The fourth-order valence-corrected chi connectivity index (χ4v) is 2.58. The van der Waals surface area contributed by atoms with Gasteiger partial charge in [0.1, 0.15) is 0 Å². The molecule has 0 rings (SSSR count). The fraction of sp³-hybridized carbons (Fsp3) is 0.500. The first-order valence-electron chi connectivity index (χ1n) is 6.64. The third kappa shape index (κ3) is 9.37. The minimum absolute atomic E-state index is 0.197. The quantitative estimate of drug-likeness (QED) is 0.262. The smallest absolute Gasteiger partial charge is 0.259 e. The largest absolute Gasteiger partial charge is 0.343 e. The van der Waals surface area contributed by atoms with Crippen LogP contribution in [-0.4, -0.2) is 47.1 Å². The van der Waals surface area contributed by atoms with Crippen molar-refractivity contribution in [2.45, 2.75) is 25.5 Å². The van der Waals surface area contributed by atoms with Crippen molar-refractivity contribution in [2.75, 3.05) is 20.3 Å². The number of hydroxylamine groups is 2. The van der Waals surface area contributed by atoms with E-state index in [-0.39, 0.29) is 6.54 Å². The van der Waals surface area contributed by atoms with Gasteiger partial charge >= 0.3 is 0 Å². The molecule has 0 bridgehead atoms. The summed E-state index contributed by atoms with van der Waals surface area (Å²) in [6.07, 6.45) is 8.35. The van der Waals surface area contributed by atoms with E-state index in [0.717, 1.165) is 5.57 Å². The molecular weight excluding hydrogens is 291 g/mol. The van der Waals surface area contributed by atoms with Crippen molar-refractivity contribution in [3.05, 3.63) is 36.5 Å². The van der Waals surface area contributed by atoms with Crippen LogP contribution < -0.4 is 5.32 Å². The van der Waals surface area contributed by atoms with Gasteiger partial charge in [0.25, 0.3) is 5.91 Å². The molecule has 7 heteroatoms. The summed E-state index contributed by atoms with van der Waals surface area (Å²) in [6.45, 7) is 6.82. The third-order valence-electron chi connectivity index (χ3n) is 2.80. The molecule has 0 aliphatic carbocycles. The van der Waals surface area contributed by atoms with Crippen molar-refractivity contribution in [1.82, 2.24) is 10.4 Å². The van der Waals surface area contributed by atoms with E-state index in [0.29, 0.717) is 17.9 Å². The maximum atomic E-state index is 11.8. The van der Waals surface area contributed by atoms with E-state index in [2.05, 4.69) is 11.9 Å². The Morgan fingerprint density at radius 3 is 2.57 bits per heavy atom. The number of rotatable bonds is 9. The predicted octanol–water partition coefficient (Wildman–Crippen LogP) is 2.12. The molecule has 2 atom stereocenters. The number of carbonyl (C=O) groups excluding carboxylic acids is 1. The first-order chi connectivity index (χ1) is 9.68. The average molecular weight is 316 g/mol. The summed E-state index contributed by atoms with van der Waals surface area (Å²) in [4.78, 5) is 21.0. The van der Waals surface area contributed by atoms with Crippen molar-refractivity contribution in [3.63, 3.8) is 0 Å². The molecule has 0 aliphatic rings. The number of hydrogen-bond donors (Lipinski definition) is 3. The minimum atomic E-state index is -3.39. The molecule has 0 aromatic heterocycles. The summed E-state index contributed by atoms with van der Waals surface area (Å²) < 4.78 is 11.8. The second-order valence-corrected chi connectivity index (χ2v) is 7.35. The molecule has 0 saturated carbocycles. The second kappa shape index (κ2) is 9.68. The first-order valence-corrected chi connectivity index (χ1v) is 8.82. The maximum Gasteiger partial charge on any atom is 0.259 e. The van der Waals surface area contributed by atoms with Crippen molar-refractivity contribution in [1.29, 1.82) is 0 Å². The van der Waals surface area contributed by atoms with Crippen LogP contribution in [0.5, 0.6) is 0 Å². The van der Waals surface area contributed by atoms with Crippen LogP contribution in [-0.2, 0) is 9.36 Å².